The topological polar surface area (TPSA) is 21.3 Å². The van der Waals surface area contributed by atoms with Gasteiger partial charge in [0.1, 0.15) is 0 Å². The number of hydrogen-bond donors (Lipinski definition) is 1. The molecule has 1 aromatic rings. The first-order valence-corrected chi connectivity index (χ1v) is 8.70. The molecule has 2 atom stereocenters. The van der Waals surface area contributed by atoms with Crippen LogP contribution in [0.3, 0.4) is 0 Å². The van der Waals surface area contributed by atoms with Gasteiger partial charge >= 0.3 is 0 Å². The fraction of sp³-hybridized carbons (Fsp3) is 0.684. The van der Waals surface area contributed by atoms with E-state index in [1.54, 1.807) is 0 Å². The summed E-state index contributed by atoms with van der Waals surface area (Å²) >= 11 is 0. The monoisotopic (exact) mass is 287 g/mol. The van der Waals surface area contributed by atoms with Crippen molar-refractivity contribution in [3.63, 3.8) is 0 Å². The van der Waals surface area contributed by atoms with Gasteiger partial charge in [-0.05, 0) is 62.0 Å². The van der Waals surface area contributed by atoms with E-state index >= 15 is 0 Å². The number of benzene rings is 1. The van der Waals surface area contributed by atoms with Crippen molar-refractivity contribution in [1.29, 1.82) is 0 Å². The lowest BCUT2D eigenvalue weighted by molar-refractivity contribution is -0.00915. The number of ether oxygens (including phenoxy) is 1. The van der Waals surface area contributed by atoms with Crippen LogP contribution in [0.5, 0.6) is 0 Å². The van der Waals surface area contributed by atoms with Gasteiger partial charge in [0.15, 0.2) is 0 Å². The number of nitrogens with one attached hydrogen (secondary N) is 1. The molecule has 0 amide bonds. The summed E-state index contributed by atoms with van der Waals surface area (Å²) in [5.41, 5.74) is 1.51. The van der Waals surface area contributed by atoms with E-state index in [4.69, 9.17) is 4.74 Å². The van der Waals surface area contributed by atoms with Crippen molar-refractivity contribution in [3.05, 3.63) is 35.9 Å². The van der Waals surface area contributed by atoms with Crippen LogP contribution in [0.25, 0.3) is 0 Å². The van der Waals surface area contributed by atoms with Crippen molar-refractivity contribution >= 4 is 0 Å². The quantitative estimate of drug-likeness (QED) is 0.904. The van der Waals surface area contributed by atoms with E-state index < -0.39 is 0 Å². The summed E-state index contributed by atoms with van der Waals surface area (Å²) in [6.45, 7) is 5.65. The summed E-state index contributed by atoms with van der Waals surface area (Å²) in [5.74, 6) is 2.28. The summed E-state index contributed by atoms with van der Waals surface area (Å²) in [6, 6.07) is 11.0. The van der Waals surface area contributed by atoms with E-state index in [1.807, 2.05) is 0 Å². The summed E-state index contributed by atoms with van der Waals surface area (Å²) in [6.07, 6.45) is 6.83. The van der Waals surface area contributed by atoms with Gasteiger partial charge in [0.25, 0.3) is 0 Å². The molecule has 1 saturated heterocycles. The first-order chi connectivity index (χ1) is 10.3. The molecule has 21 heavy (non-hydrogen) atoms. The van der Waals surface area contributed by atoms with Gasteiger partial charge in [-0.3, -0.25) is 0 Å². The zero-order chi connectivity index (χ0) is 14.5. The van der Waals surface area contributed by atoms with E-state index in [1.165, 1.54) is 44.2 Å². The second-order valence-electron chi connectivity index (χ2n) is 6.95. The predicted molar refractivity (Wildman–Crippen MR) is 87.5 cm³/mol. The third-order valence-electron chi connectivity index (χ3n) is 5.48. The molecule has 1 heterocycles. The van der Waals surface area contributed by atoms with E-state index in [9.17, 15) is 0 Å². The Bertz CT molecular complexity index is 411. The molecule has 2 nitrogen and oxygen atoms in total. The van der Waals surface area contributed by atoms with Crippen LogP contribution in [0.4, 0.5) is 0 Å². The minimum absolute atomic E-state index is 0.499. The van der Waals surface area contributed by atoms with Crippen LogP contribution in [0.15, 0.2) is 30.3 Å². The average molecular weight is 287 g/mol. The standard InChI is InChI=1S/C19H29NO/c1-15-11-12-20-13-18(15)14-21-19-9-7-17(8-10-19)16-5-3-2-4-6-16/h2-6,15,17-20H,7-14H2,1H3/t15?,17?,18-,19?/m0/s1. The van der Waals surface area contributed by atoms with Gasteiger partial charge in [0.2, 0.25) is 0 Å². The summed E-state index contributed by atoms with van der Waals surface area (Å²) in [5, 5.41) is 3.50. The second-order valence-corrected chi connectivity index (χ2v) is 6.95. The SMILES string of the molecule is CC1CCNC[C@H]1COC1CCC(c2ccccc2)CC1. The normalized spacial score (nSPS) is 33.8. The number of piperidine rings is 1. The summed E-state index contributed by atoms with van der Waals surface area (Å²) < 4.78 is 6.24. The fourth-order valence-electron chi connectivity index (χ4n) is 3.82. The van der Waals surface area contributed by atoms with Crippen LogP contribution in [0.2, 0.25) is 0 Å². The van der Waals surface area contributed by atoms with Crippen LogP contribution in [-0.2, 0) is 4.74 Å². The summed E-state index contributed by atoms with van der Waals surface area (Å²) in [7, 11) is 0. The highest BCUT2D eigenvalue weighted by Crippen LogP contribution is 2.34. The molecule has 2 aliphatic rings. The van der Waals surface area contributed by atoms with Gasteiger partial charge in [0, 0.05) is 6.54 Å². The van der Waals surface area contributed by atoms with Crippen LogP contribution >= 0.6 is 0 Å². The average Bonchev–Trinajstić information content (AvgIpc) is 2.55. The van der Waals surface area contributed by atoms with Crippen LogP contribution < -0.4 is 5.32 Å². The van der Waals surface area contributed by atoms with Gasteiger partial charge in [-0.25, -0.2) is 0 Å². The van der Waals surface area contributed by atoms with E-state index in [0.29, 0.717) is 12.0 Å². The Labute approximate surface area is 129 Å². The Hall–Kier alpha value is -0.860. The molecule has 0 aromatic heterocycles. The highest BCUT2D eigenvalue weighted by molar-refractivity contribution is 5.19. The maximum absolute atomic E-state index is 6.24. The van der Waals surface area contributed by atoms with E-state index in [-0.39, 0.29) is 0 Å². The van der Waals surface area contributed by atoms with Crippen molar-refractivity contribution in [2.45, 2.75) is 51.0 Å². The first-order valence-electron chi connectivity index (χ1n) is 8.70. The highest BCUT2D eigenvalue weighted by Gasteiger charge is 2.26. The lowest BCUT2D eigenvalue weighted by Crippen LogP contribution is -2.38. The Morgan fingerprint density at radius 1 is 1.05 bits per heavy atom. The Balaban J connectivity index is 1.41. The molecular formula is C19H29NO. The zero-order valence-corrected chi connectivity index (χ0v) is 13.3. The van der Waals surface area contributed by atoms with Crippen molar-refractivity contribution in [3.8, 4) is 0 Å². The highest BCUT2D eigenvalue weighted by atomic mass is 16.5. The molecule has 1 aliphatic heterocycles. The third-order valence-corrected chi connectivity index (χ3v) is 5.48. The van der Waals surface area contributed by atoms with Crippen molar-refractivity contribution in [2.24, 2.45) is 11.8 Å². The molecule has 0 bridgehead atoms. The predicted octanol–water partition coefficient (Wildman–Crippen LogP) is 3.98. The number of rotatable bonds is 4. The third kappa shape index (κ3) is 4.08. The minimum atomic E-state index is 0.499. The maximum atomic E-state index is 6.24. The molecule has 1 aliphatic carbocycles. The first kappa shape index (κ1) is 15.1. The maximum Gasteiger partial charge on any atom is 0.0575 e. The van der Waals surface area contributed by atoms with Gasteiger partial charge in [-0.1, -0.05) is 37.3 Å². The molecule has 2 fully saturated rings. The van der Waals surface area contributed by atoms with Crippen LogP contribution in [0, 0.1) is 11.8 Å². The molecule has 0 spiro atoms. The molecule has 2 heteroatoms. The molecule has 0 radical (unpaired) electrons. The Kier molecular flexibility index (Phi) is 5.32. The largest absolute Gasteiger partial charge is 0.378 e. The van der Waals surface area contributed by atoms with Gasteiger partial charge in [-0.2, -0.15) is 0 Å². The molecule has 3 rings (SSSR count). The molecular weight excluding hydrogens is 258 g/mol. The van der Waals surface area contributed by atoms with Crippen molar-refractivity contribution in [2.75, 3.05) is 19.7 Å². The van der Waals surface area contributed by atoms with E-state index in [0.717, 1.165) is 25.0 Å². The van der Waals surface area contributed by atoms with Crippen LogP contribution in [0.1, 0.15) is 50.5 Å². The summed E-state index contributed by atoms with van der Waals surface area (Å²) in [4.78, 5) is 0. The molecule has 116 valence electrons. The minimum Gasteiger partial charge on any atom is -0.378 e. The molecule has 1 N–H and O–H groups in total. The van der Waals surface area contributed by atoms with E-state index in [2.05, 4.69) is 42.6 Å². The lowest BCUT2D eigenvalue weighted by atomic mass is 9.82. The fourth-order valence-corrected chi connectivity index (χ4v) is 3.82. The van der Waals surface area contributed by atoms with Gasteiger partial charge in [0.05, 0.1) is 12.7 Å². The van der Waals surface area contributed by atoms with Crippen molar-refractivity contribution < 1.29 is 4.74 Å². The zero-order valence-electron chi connectivity index (χ0n) is 13.3. The number of hydrogen-bond acceptors (Lipinski definition) is 2. The smallest absolute Gasteiger partial charge is 0.0575 e. The Morgan fingerprint density at radius 3 is 2.52 bits per heavy atom. The molecule has 1 aromatic carbocycles. The lowest BCUT2D eigenvalue weighted by Gasteiger charge is -2.33. The second kappa shape index (κ2) is 7.42. The van der Waals surface area contributed by atoms with Gasteiger partial charge < -0.3 is 10.1 Å². The van der Waals surface area contributed by atoms with Gasteiger partial charge in [-0.15, -0.1) is 0 Å². The molecule has 1 saturated carbocycles. The van der Waals surface area contributed by atoms with Crippen LogP contribution in [-0.4, -0.2) is 25.8 Å². The Morgan fingerprint density at radius 2 is 1.81 bits per heavy atom. The molecule has 1 unspecified atom stereocenters. The van der Waals surface area contributed by atoms with Crippen molar-refractivity contribution in [1.82, 2.24) is 5.32 Å².